The molecule has 0 bridgehead atoms. The molecule has 0 saturated heterocycles. The van der Waals surface area contributed by atoms with Crippen molar-refractivity contribution in [3.63, 3.8) is 0 Å². The van der Waals surface area contributed by atoms with Gasteiger partial charge in [-0.25, -0.2) is 23.2 Å². The number of aromatic amines is 1. The minimum absolute atomic E-state index is 0.0151. The fraction of sp³-hybridized carbons (Fsp3) is 0.185. The molecule has 1 aliphatic rings. The van der Waals surface area contributed by atoms with Crippen LogP contribution in [0, 0.1) is 17.0 Å². The molecule has 234 valence electrons. The number of hydrogen-bond donors (Lipinski definition) is 4. The van der Waals surface area contributed by atoms with E-state index in [0.717, 1.165) is 0 Å². The first-order valence-electron chi connectivity index (χ1n) is 13.0. The maximum atomic E-state index is 15.6. The number of halogens is 2. The second-order valence-electron chi connectivity index (χ2n) is 9.25. The zero-order valence-electron chi connectivity index (χ0n) is 23.5. The van der Waals surface area contributed by atoms with Gasteiger partial charge in [-0.15, -0.1) is 9.78 Å². The fourth-order valence-electron chi connectivity index (χ4n) is 4.10. The van der Waals surface area contributed by atoms with Crippen LogP contribution in [0.4, 0.5) is 13.6 Å². The topological polar surface area (TPSA) is 211 Å². The smallest absolute Gasteiger partial charge is 0.439 e. The molecule has 5 rings (SSSR count). The Morgan fingerprint density at radius 1 is 1.20 bits per heavy atom. The highest BCUT2D eigenvalue weighted by Crippen LogP contribution is 2.38. The van der Waals surface area contributed by atoms with Crippen LogP contribution in [0.3, 0.4) is 0 Å². The minimum atomic E-state index is -2.13. The van der Waals surface area contributed by atoms with Gasteiger partial charge in [0.2, 0.25) is 16.7 Å². The molecule has 0 spiro atoms. The summed E-state index contributed by atoms with van der Waals surface area (Å²) in [5, 5.41) is 21.1. The Balaban J connectivity index is 1.52. The van der Waals surface area contributed by atoms with Gasteiger partial charge in [0.25, 0.3) is 5.88 Å². The first-order valence-corrected chi connectivity index (χ1v) is 14.2. The zero-order valence-corrected chi connectivity index (χ0v) is 24.4. The van der Waals surface area contributed by atoms with Gasteiger partial charge in [0, 0.05) is 24.1 Å². The molecule has 1 unspecified atom stereocenters. The van der Waals surface area contributed by atoms with Crippen molar-refractivity contribution in [1.82, 2.24) is 24.6 Å². The lowest BCUT2D eigenvalue weighted by Gasteiger charge is -2.19. The summed E-state index contributed by atoms with van der Waals surface area (Å²) in [5.74, 6) is -5.01. The molecule has 5 N–H and O–H groups in total. The van der Waals surface area contributed by atoms with Crippen LogP contribution in [0.1, 0.15) is 18.1 Å². The molecule has 0 aliphatic carbocycles. The third-order valence-corrected chi connectivity index (χ3v) is 7.48. The minimum Gasteiger partial charge on any atom is -0.504 e. The van der Waals surface area contributed by atoms with Gasteiger partial charge in [0.1, 0.15) is 28.2 Å². The average Bonchev–Trinajstić information content (AvgIpc) is 3.62. The molecule has 18 heteroatoms. The quantitative estimate of drug-likeness (QED) is 0.154. The van der Waals surface area contributed by atoms with Gasteiger partial charge in [-0.05, 0) is 43.3 Å². The molecular weight excluding hydrogens is 618 g/mol. The first kappa shape index (κ1) is 30.8. The normalized spacial score (nSPS) is 13.3. The summed E-state index contributed by atoms with van der Waals surface area (Å²) in [4.78, 5) is 36.3. The molecule has 3 heterocycles. The third kappa shape index (κ3) is 6.21. The van der Waals surface area contributed by atoms with Crippen molar-refractivity contribution in [3.8, 4) is 28.9 Å². The number of benzene rings is 2. The Hall–Kier alpha value is -5.65. The second-order valence-corrected chi connectivity index (χ2v) is 10.6. The third-order valence-electron chi connectivity index (χ3n) is 6.27. The number of aromatic hydroxyl groups is 1. The highest BCUT2D eigenvalue weighted by Gasteiger charge is 2.26. The van der Waals surface area contributed by atoms with Crippen LogP contribution in [0.15, 0.2) is 62.4 Å². The molecule has 1 aliphatic heterocycles. The van der Waals surface area contributed by atoms with Gasteiger partial charge >= 0.3 is 11.8 Å². The SMILES string of the molecule is CCOC(=O)n1nc(S(=O)c2ccc(Oc3c(F)cnc(Oc4cc(C(=N)N)ccc4O)c3F)c(C3=NCCN3C)c2)[nH]c1=O. The van der Waals surface area contributed by atoms with Crippen LogP contribution in [-0.2, 0) is 15.5 Å². The Bertz CT molecular complexity index is 1940. The molecule has 2 aromatic heterocycles. The summed E-state index contributed by atoms with van der Waals surface area (Å²) in [6, 6.07) is 7.69. The molecular formula is C27H24F2N8O7S. The maximum Gasteiger partial charge on any atom is 0.439 e. The molecule has 0 saturated carbocycles. The van der Waals surface area contributed by atoms with E-state index in [-0.39, 0.29) is 45.1 Å². The standard InChI is InChI=1S/C27H24F2N8O7S/c1-3-42-27(40)37-26(39)34-25(35-37)45(41)14-5-7-18(15(11-14)23-32-8-9-36(23)2)43-21-16(28)12-33-24(20(21)29)44-19-10-13(22(30)31)4-6-17(19)38/h4-7,10-12,38H,3,8-9H2,1-2H3,(H3,30,31)(H,34,35,39). The number of aliphatic imine (C=N–C) groups is 1. The number of pyridine rings is 1. The fourth-order valence-corrected chi connectivity index (χ4v) is 5.07. The predicted octanol–water partition coefficient (Wildman–Crippen LogP) is 2.68. The lowest BCUT2D eigenvalue weighted by atomic mass is 10.1. The zero-order chi connectivity index (χ0) is 32.4. The van der Waals surface area contributed by atoms with Crippen molar-refractivity contribution < 1.29 is 37.1 Å². The Morgan fingerprint density at radius 3 is 2.67 bits per heavy atom. The van der Waals surface area contributed by atoms with Gasteiger partial charge in [0.15, 0.2) is 17.3 Å². The van der Waals surface area contributed by atoms with Gasteiger partial charge in [-0.2, -0.15) is 4.39 Å². The molecule has 0 fully saturated rings. The number of nitrogens with one attached hydrogen (secondary N) is 2. The lowest BCUT2D eigenvalue weighted by Crippen LogP contribution is -2.26. The summed E-state index contributed by atoms with van der Waals surface area (Å²) in [6.07, 6.45) is -0.405. The molecule has 15 nitrogen and oxygen atoms in total. The van der Waals surface area contributed by atoms with E-state index >= 15 is 4.39 Å². The second kappa shape index (κ2) is 12.5. The van der Waals surface area contributed by atoms with E-state index in [4.69, 9.17) is 25.4 Å². The highest BCUT2D eigenvalue weighted by atomic mass is 32.2. The van der Waals surface area contributed by atoms with Gasteiger partial charge in [0.05, 0.1) is 24.9 Å². The molecule has 2 aromatic carbocycles. The summed E-state index contributed by atoms with van der Waals surface area (Å²) in [5.41, 5.74) is 4.87. The Labute approximate surface area is 254 Å². The molecule has 45 heavy (non-hydrogen) atoms. The van der Waals surface area contributed by atoms with Crippen LogP contribution >= 0.6 is 0 Å². The van der Waals surface area contributed by atoms with Crippen LogP contribution in [-0.4, -0.2) is 78.5 Å². The van der Waals surface area contributed by atoms with Gasteiger partial charge < -0.3 is 30.0 Å². The van der Waals surface area contributed by atoms with E-state index in [2.05, 4.69) is 20.1 Å². The highest BCUT2D eigenvalue weighted by molar-refractivity contribution is 7.84. The number of phenolic OH excluding ortho intramolecular Hbond substituents is 1. The van der Waals surface area contributed by atoms with E-state index in [1.165, 1.54) is 36.4 Å². The number of rotatable bonds is 9. The number of aromatic nitrogens is 4. The molecule has 0 radical (unpaired) electrons. The van der Waals surface area contributed by atoms with E-state index < -0.39 is 51.6 Å². The van der Waals surface area contributed by atoms with Crippen molar-refractivity contribution in [2.45, 2.75) is 17.0 Å². The largest absolute Gasteiger partial charge is 0.504 e. The Kier molecular flexibility index (Phi) is 8.57. The van der Waals surface area contributed by atoms with Crippen molar-refractivity contribution >= 4 is 28.6 Å². The number of H-pyrrole nitrogens is 1. The average molecular weight is 643 g/mol. The van der Waals surface area contributed by atoms with E-state index in [1.807, 2.05) is 0 Å². The van der Waals surface area contributed by atoms with Crippen LogP contribution in [0.2, 0.25) is 0 Å². The monoisotopic (exact) mass is 642 g/mol. The number of nitrogens with two attached hydrogens (primary N) is 1. The summed E-state index contributed by atoms with van der Waals surface area (Å²) in [7, 11) is -0.405. The van der Waals surface area contributed by atoms with Gasteiger partial charge in [-0.1, -0.05) is 0 Å². The van der Waals surface area contributed by atoms with Crippen molar-refractivity contribution in [2.75, 3.05) is 26.7 Å². The predicted molar refractivity (Wildman–Crippen MR) is 154 cm³/mol. The van der Waals surface area contributed by atoms with Crippen molar-refractivity contribution in [3.05, 3.63) is 75.8 Å². The number of ether oxygens (including phenoxy) is 3. The molecule has 0 amide bonds. The summed E-state index contributed by atoms with van der Waals surface area (Å²) in [6.45, 7) is 2.44. The Morgan fingerprint density at radius 2 is 1.98 bits per heavy atom. The number of likely N-dealkylation sites (N-methyl/N-ethyl adjacent to an activating group) is 1. The number of amidine groups is 2. The summed E-state index contributed by atoms with van der Waals surface area (Å²) < 4.78 is 60.1. The van der Waals surface area contributed by atoms with Crippen LogP contribution in [0.5, 0.6) is 28.9 Å². The number of phenols is 1. The number of nitrogens with zero attached hydrogens (tertiary/aromatic N) is 5. The number of nitrogen functional groups attached to an aromatic ring is 1. The summed E-state index contributed by atoms with van der Waals surface area (Å²) >= 11 is 0. The van der Waals surface area contributed by atoms with Gasteiger partial charge in [-0.3, -0.25) is 15.4 Å². The maximum absolute atomic E-state index is 15.6. The number of carbonyl (C=O) groups is 1. The van der Waals surface area contributed by atoms with Crippen LogP contribution < -0.4 is 20.9 Å². The van der Waals surface area contributed by atoms with Crippen molar-refractivity contribution in [2.24, 2.45) is 10.7 Å². The van der Waals surface area contributed by atoms with E-state index in [0.29, 0.717) is 29.8 Å². The first-order chi connectivity index (χ1) is 21.5. The molecule has 4 aromatic rings. The van der Waals surface area contributed by atoms with Crippen molar-refractivity contribution in [1.29, 1.82) is 5.41 Å². The lowest BCUT2D eigenvalue weighted by molar-refractivity contribution is 0.149. The van der Waals surface area contributed by atoms with E-state index in [1.54, 1.807) is 18.9 Å². The number of carbonyl (C=O) groups excluding carboxylic acids is 1. The molecule has 1 atom stereocenters. The van der Waals surface area contributed by atoms with E-state index in [9.17, 15) is 23.3 Å². The number of hydrogen-bond acceptors (Lipinski definition) is 12. The van der Waals surface area contributed by atoms with Crippen LogP contribution in [0.25, 0.3) is 0 Å².